The van der Waals surface area contributed by atoms with Gasteiger partial charge in [-0.2, -0.15) is 4.39 Å². The van der Waals surface area contributed by atoms with Gasteiger partial charge in [0.1, 0.15) is 5.82 Å². The maximum absolute atomic E-state index is 14.2. The predicted octanol–water partition coefficient (Wildman–Crippen LogP) is 5.50. The van der Waals surface area contributed by atoms with E-state index in [1.54, 1.807) is 30.5 Å². The molecule has 7 nitrogen and oxygen atoms in total. The number of hydrogen-bond acceptors (Lipinski definition) is 7. The van der Waals surface area contributed by atoms with Crippen molar-refractivity contribution in [1.82, 2.24) is 9.97 Å². The van der Waals surface area contributed by atoms with Gasteiger partial charge in [0.2, 0.25) is 11.7 Å². The number of ketones is 1. The second-order valence-electron chi connectivity index (χ2n) is 8.57. The van der Waals surface area contributed by atoms with E-state index in [0.29, 0.717) is 37.2 Å². The molecule has 0 radical (unpaired) electrons. The highest BCUT2D eigenvalue weighted by atomic mass is 20.0. The van der Waals surface area contributed by atoms with Gasteiger partial charge in [0.05, 0.1) is 24.0 Å². The Balaban J connectivity index is 0.00000156. The highest BCUT2D eigenvalue weighted by Crippen LogP contribution is 2.34. The number of Topliss-reactive ketones (excluding diaryl/α,β-unsaturated/α-hetero) is 1. The van der Waals surface area contributed by atoms with Crippen molar-refractivity contribution in [3.63, 3.8) is 0 Å². The maximum Gasteiger partial charge on any atom is 0.309 e. The third-order valence-corrected chi connectivity index (χ3v) is 6.30. The Morgan fingerprint density at radius 1 is 1.00 bits per heavy atom. The van der Waals surface area contributed by atoms with Crippen LogP contribution in [0.3, 0.4) is 0 Å². The van der Waals surface area contributed by atoms with Gasteiger partial charge < -0.3 is 19.7 Å². The number of carbonyl (C=O) groups is 1. The molecule has 3 heterocycles. The number of piperidine rings is 1. The van der Waals surface area contributed by atoms with Gasteiger partial charge in [-0.3, -0.25) is 4.79 Å². The van der Waals surface area contributed by atoms with E-state index in [0.717, 1.165) is 11.4 Å². The molecule has 10 heteroatoms. The number of aliphatic hydroxyl groups is 1. The van der Waals surface area contributed by atoms with E-state index in [1.165, 1.54) is 0 Å². The molecule has 0 spiro atoms. The third-order valence-electron chi connectivity index (χ3n) is 6.30. The average Bonchev–Trinajstić information content (AvgIpc) is 3.36. The van der Waals surface area contributed by atoms with Crippen LogP contribution in [0.15, 0.2) is 83.4 Å². The first-order chi connectivity index (χ1) is 18.0. The van der Waals surface area contributed by atoms with Crippen molar-refractivity contribution in [2.45, 2.75) is 18.4 Å². The molecule has 0 atom stereocenters. The Morgan fingerprint density at radius 2 is 1.65 bits per heavy atom. The van der Waals surface area contributed by atoms with Gasteiger partial charge in [-0.05, 0) is 42.7 Å². The van der Waals surface area contributed by atoms with Crippen LogP contribution in [0.5, 0.6) is 0 Å². The SMILES string of the molecule is FF.O=C(CNc1ccc(N2CCC(O)(c3ccccc3)CC2)nc1)c1nc(-c2ccccc2)oc1F. The Morgan fingerprint density at radius 3 is 2.27 bits per heavy atom. The summed E-state index contributed by atoms with van der Waals surface area (Å²) in [5.41, 5.74) is 1.01. The number of rotatable bonds is 7. The molecule has 0 saturated carbocycles. The van der Waals surface area contributed by atoms with Crippen molar-refractivity contribution in [2.24, 2.45) is 0 Å². The molecule has 192 valence electrons. The lowest BCUT2D eigenvalue weighted by molar-refractivity contribution is 0.0116. The molecular weight excluding hydrogens is 485 g/mol. The normalized spacial score (nSPS) is 14.4. The van der Waals surface area contributed by atoms with E-state index in [9.17, 15) is 14.3 Å². The highest BCUT2D eigenvalue weighted by molar-refractivity contribution is 5.97. The average molecular weight is 511 g/mol. The van der Waals surface area contributed by atoms with Gasteiger partial charge in [-0.1, -0.05) is 48.5 Å². The molecule has 1 aliphatic rings. The number of anilines is 2. The van der Waals surface area contributed by atoms with Gasteiger partial charge >= 0.3 is 6.01 Å². The van der Waals surface area contributed by atoms with E-state index in [1.807, 2.05) is 48.5 Å². The molecule has 2 aromatic heterocycles. The monoisotopic (exact) mass is 510 g/mol. The summed E-state index contributed by atoms with van der Waals surface area (Å²) in [7, 11) is 0. The van der Waals surface area contributed by atoms with Crippen LogP contribution < -0.4 is 10.2 Å². The summed E-state index contributed by atoms with van der Waals surface area (Å²) in [5, 5.41) is 14.0. The van der Waals surface area contributed by atoms with Crippen LogP contribution in [0.4, 0.5) is 25.0 Å². The lowest BCUT2D eigenvalue weighted by Crippen LogP contribution is -2.42. The van der Waals surface area contributed by atoms with Gasteiger partial charge in [0, 0.05) is 27.8 Å². The standard InChI is InChI=1S/C27H25FN4O3.F2/c28-25-24(31-26(35-25)19-7-3-1-4-8-19)22(33)18-29-21-11-12-23(30-17-21)32-15-13-27(34,14-16-32)20-9-5-2-6-10-20;1-2/h1-12,17,29,34H,13-16,18H2;. The van der Waals surface area contributed by atoms with E-state index in [4.69, 9.17) is 13.6 Å². The molecule has 1 fully saturated rings. The van der Waals surface area contributed by atoms with Gasteiger partial charge in [-0.25, -0.2) is 9.97 Å². The quantitative estimate of drug-likeness (QED) is 0.317. The van der Waals surface area contributed by atoms with E-state index in [2.05, 4.69) is 20.2 Å². The maximum atomic E-state index is 14.2. The molecule has 2 N–H and O–H groups in total. The summed E-state index contributed by atoms with van der Waals surface area (Å²) in [6.45, 7) is 1.21. The van der Waals surface area contributed by atoms with Crippen LogP contribution in [0.1, 0.15) is 28.9 Å². The fourth-order valence-electron chi connectivity index (χ4n) is 4.26. The van der Waals surface area contributed by atoms with Crippen LogP contribution in [0.25, 0.3) is 11.5 Å². The first-order valence-electron chi connectivity index (χ1n) is 11.6. The first kappa shape index (κ1) is 25.9. The van der Waals surface area contributed by atoms with E-state index in [-0.39, 0.29) is 18.1 Å². The minimum atomic E-state index is -0.996. The lowest BCUT2D eigenvalue weighted by Gasteiger charge is -2.39. The highest BCUT2D eigenvalue weighted by Gasteiger charge is 2.34. The van der Waals surface area contributed by atoms with E-state index < -0.39 is 17.4 Å². The summed E-state index contributed by atoms with van der Waals surface area (Å²) >= 11 is 0. The number of benzene rings is 2. The molecule has 0 bridgehead atoms. The molecule has 4 aromatic rings. The van der Waals surface area contributed by atoms with Crippen molar-refractivity contribution in [3.05, 3.63) is 96.3 Å². The fourth-order valence-corrected chi connectivity index (χ4v) is 4.26. The molecule has 5 rings (SSSR count). The summed E-state index contributed by atoms with van der Waals surface area (Å²) in [6, 6.07) is 21.3. The zero-order valence-electron chi connectivity index (χ0n) is 19.8. The molecule has 2 aromatic carbocycles. The summed E-state index contributed by atoms with van der Waals surface area (Å²) in [5.74, 6) is 0.346. The Hall–Kier alpha value is -4.18. The van der Waals surface area contributed by atoms with Crippen molar-refractivity contribution in [1.29, 1.82) is 0 Å². The number of nitrogens with one attached hydrogen (secondary N) is 1. The summed E-state index contributed by atoms with van der Waals surface area (Å²) in [4.78, 5) is 23.1. The number of halogens is 3. The van der Waals surface area contributed by atoms with Crippen LogP contribution >= 0.6 is 0 Å². The zero-order chi connectivity index (χ0) is 26.3. The van der Waals surface area contributed by atoms with Crippen molar-refractivity contribution in [2.75, 3.05) is 29.9 Å². The van der Waals surface area contributed by atoms with Gasteiger partial charge in [-0.15, -0.1) is 0 Å². The predicted molar refractivity (Wildman–Crippen MR) is 133 cm³/mol. The minimum absolute atomic E-state index is 0.0677. The molecule has 0 amide bonds. The topological polar surface area (TPSA) is 91.5 Å². The van der Waals surface area contributed by atoms with Crippen molar-refractivity contribution >= 4 is 17.3 Å². The smallest absolute Gasteiger partial charge is 0.309 e. The van der Waals surface area contributed by atoms with Crippen molar-refractivity contribution < 1.29 is 27.9 Å². The summed E-state index contributed by atoms with van der Waals surface area (Å²) < 4.78 is 35.2. The number of pyridine rings is 1. The molecule has 1 aliphatic heterocycles. The van der Waals surface area contributed by atoms with Gasteiger partial charge in [0.25, 0.3) is 0 Å². The number of hydrogen-bond donors (Lipinski definition) is 2. The third kappa shape index (κ3) is 5.97. The van der Waals surface area contributed by atoms with Crippen LogP contribution in [0, 0.1) is 6.01 Å². The minimum Gasteiger partial charge on any atom is -0.410 e. The first-order valence-corrected chi connectivity index (χ1v) is 11.6. The second-order valence-corrected chi connectivity index (χ2v) is 8.57. The number of aromatic nitrogens is 2. The van der Waals surface area contributed by atoms with Crippen molar-refractivity contribution in [3.8, 4) is 11.5 Å². The Kier molecular flexibility index (Phi) is 8.19. The molecule has 0 aliphatic carbocycles. The Labute approximate surface area is 211 Å². The fraction of sp³-hybridized carbons (Fsp3) is 0.222. The lowest BCUT2D eigenvalue weighted by atomic mass is 9.84. The number of oxazole rings is 1. The largest absolute Gasteiger partial charge is 0.410 e. The molecule has 1 saturated heterocycles. The zero-order valence-corrected chi connectivity index (χ0v) is 19.8. The summed E-state index contributed by atoms with van der Waals surface area (Å²) in [6.07, 6.45) is 2.86. The number of nitrogens with zero attached hydrogens (tertiary/aromatic N) is 3. The van der Waals surface area contributed by atoms with Crippen LogP contribution in [-0.2, 0) is 5.60 Å². The molecule has 37 heavy (non-hydrogen) atoms. The van der Waals surface area contributed by atoms with Crippen LogP contribution in [0.2, 0.25) is 0 Å². The number of carbonyl (C=O) groups excluding carboxylic acids is 1. The van der Waals surface area contributed by atoms with Crippen LogP contribution in [-0.4, -0.2) is 40.5 Å². The Bertz CT molecular complexity index is 1290. The second kappa shape index (κ2) is 11.7. The molecule has 0 unspecified atom stereocenters. The van der Waals surface area contributed by atoms with Gasteiger partial charge in [0.15, 0.2) is 5.69 Å². The molecular formula is C27H25F3N4O3. The van der Waals surface area contributed by atoms with E-state index >= 15 is 0 Å².